The fraction of sp³-hybridized carbons (Fsp3) is 0.368. The summed E-state index contributed by atoms with van der Waals surface area (Å²) in [5.74, 6) is 0.252. The zero-order valence-electron chi connectivity index (χ0n) is 15.8. The SMILES string of the molecule is CC1CNCCN(S(=O)(=O)c2ccc(NC(=O)NCc3cccnc3)cc2)C1. The van der Waals surface area contributed by atoms with Crippen LogP contribution in [0.1, 0.15) is 12.5 Å². The molecule has 8 nitrogen and oxygen atoms in total. The number of anilines is 1. The van der Waals surface area contributed by atoms with Gasteiger partial charge in [-0.15, -0.1) is 0 Å². The summed E-state index contributed by atoms with van der Waals surface area (Å²) < 4.78 is 27.3. The van der Waals surface area contributed by atoms with Gasteiger partial charge in [0.2, 0.25) is 10.0 Å². The Morgan fingerprint density at radius 1 is 1.29 bits per heavy atom. The van der Waals surface area contributed by atoms with Crippen molar-refractivity contribution in [2.24, 2.45) is 5.92 Å². The molecule has 0 aliphatic carbocycles. The molecule has 1 aromatic carbocycles. The Labute approximate surface area is 165 Å². The highest BCUT2D eigenvalue weighted by Gasteiger charge is 2.27. The van der Waals surface area contributed by atoms with Crippen molar-refractivity contribution >= 4 is 21.7 Å². The van der Waals surface area contributed by atoms with Gasteiger partial charge < -0.3 is 16.0 Å². The zero-order valence-corrected chi connectivity index (χ0v) is 16.6. The van der Waals surface area contributed by atoms with Crippen LogP contribution in [0.15, 0.2) is 53.7 Å². The molecule has 2 aromatic rings. The number of amides is 2. The van der Waals surface area contributed by atoms with Gasteiger partial charge in [-0.05, 0) is 48.4 Å². The average Bonchev–Trinajstić information content (AvgIpc) is 2.92. The molecule has 0 radical (unpaired) electrons. The van der Waals surface area contributed by atoms with Crippen LogP contribution in [0, 0.1) is 5.92 Å². The van der Waals surface area contributed by atoms with Gasteiger partial charge in [0.05, 0.1) is 4.90 Å². The summed E-state index contributed by atoms with van der Waals surface area (Å²) in [7, 11) is -3.55. The Hall–Kier alpha value is -2.49. The molecule has 0 spiro atoms. The molecule has 3 N–H and O–H groups in total. The van der Waals surface area contributed by atoms with E-state index >= 15 is 0 Å². The van der Waals surface area contributed by atoms with Gasteiger partial charge in [-0.1, -0.05) is 13.0 Å². The van der Waals surface area contributed by atoms with E-state index in [9.17, 15) is 13.2 Å². The van der Waals surface area contributed by atoms with E-state index in [1.54, 1.807) is 30.6 Å². The van der Waals surface area contributed by atoms with E-state index in [1.165, 1.54) is 16.4 Å². The van der Waals surface area contributed by atoms with Gasteiger partial charge in [-0.2, -0.15) is 4.31 Å². The van der Waals surface area contributed by atoms with Crippen LogP contribution < -0.4 is 16.0 Å². The quantitative estimate of drug-likeness (QED) is 0.704. The van der Waals surface area contributed by atoms with Crippen LogP contribution in [-0.4, -0.2) is 49.9 Å². The van der Waals surface area contributed by atoms with Crippen LogP contribution in [0.4, 0.5) is 10.5 Å². The molecule has 2 amide bonds. The minimum Gasteiger partial charge on any atom is -0.334 e. The van der Waals surface area contributed by atoms with Crippen LogP contribution in [0.25, 0.3) is 0 Å². The summed E-state index contributed by atoms with van der Waals surface area (Å²) in [6, 6.07) is 9.53. The minimum absolute atomic E-state index is 0.225. The van der Waals surface area contributed by atoms with Gasteiger partial charge in [0, 0.05) is 44.3 Å². The van der Waals surface area contributed by atoms with E-state index in [1.807, 2.05) is 13.0 Å². The molecule has 0 bridgehead atoms. The number of pyridine rings is 1. The van der Waals surface area contributed by atoms with Gasteiger partial charge in [-0.25, -0.2) is 13.2 Å². The number of rotatable bonds is 5. The highest BCUT2D eigenvalue weighted by molar-refractivity contribution is 7.89. The van der Waals surface area contributed by atoms with Gasteiger partial charge in [0.15, 0.2) is 0 Å². The van der Waals surface area contributed by atoms with Crippen LogP contribution in [0.5, 0.6) is 0 Å². The number of nitrogens with zero attached hydrogens (tertiary/aromatic N) is 2. The smallest absolute Gasteiger partial charge is 0.319 e. The van der Waals surface area contributed by atoms with Crippen LogP contribution >= 0.6 is 0 Å². The fourth-order valence-electron chi connectivity index (χ4n) is 2.99. The predicted octanol–water partition coefficient (Wildman–Crippen LogP) is 1.63. The van der Waals surface area contributed by atoms with Crippen molar-refractivity contribution in [1.82, 2.24) is 19.9 Å². The van der Waals surface area contributed by atoms with Crippen molar-refractivity contribution in [1.29, 1.82) is 0 Å². The topological polar surface area (TPSA) is 103 Å². The lowest BCUT2D eigenvalue weighted by Gasteiger charge is -2.22. The molecule has 0 saturated carbocycles. The van der Waals surface area contributed by atoms with Gasteiger partial charge >= 0.3 is 6.03 Å². The third kappa shape index (κ3) is 5.28. The molecular weight excluding hydrogens is 378 g/mol. The molecule has 1 aliphatic rings. The second kappa shape index (κ2) is 9.13. The zero-order chi connectivity index (χ0) is 20.0. The lowest BCUT2D eigenvalue weighted by Crippen LogP contribution is -2.35. The molecule has 1 aromatic heterocycles. The molecule has 3 rings (SSSR count). The maximum Gasteiger partial charge on any atom is 0.319 e. The van der Waals surface area contributed by atoms with Crippen molar-refractivity contribution in [3.8, 4) is 0 Å². The maximum absolute atomic E-state index is 12.9. The lowest BCUT2D eigenvalue weighted by atomic mass is 10.2. The first-order valence-electron chi connectivity index (χ1n) is 9.20. The number of nitrogens with one attached hydrogen (secondary N) is 3. The van der Waals surface area contributed by atoms with E-state index in [2.05, 4.69) is 20.9 Å². The van der Waals surface area contributed by atoms with Crippen molar-refractivity contribution in [3.05, 3.63) is 54.4 Å². The molecule has 1 unspecified atom stereocenters. The Kier molecular flexibility index (Phi) is 6.61. The molecule has 28 heavy (non-hydrogen) atoms. The molecule has 1 saturated heterocycles. The maximum atomic E-state index is 12.9. The molecule has 2 heterocycles. The number of carbonyl (C=O) groups excluding carboxylic acids is 1. The van der Waals surface area contributed by atoms with E-state index < -0.39 is 10.0 Å². The van der Waals surface area contributed by atoms with Crippen LogP contribution in [0.3, 0.4) is 0 Å². The third-order valence-electron chi connectivity index (χ3n) is 4.47. The normalized spacial score (nSPS) is 18.2. The summed E-state index contributed by atoms with van der Waals surface area (Å²) in [5, 5.41) is 8.67. The summed E-state index contributed by atoms with van der Waals surface area (Å²) in [6.45, 7) is 4.77. The first-order chi connectivity index (χ1) is 13.4. The molecule has 1 fully saturated rings. The first kappa shape index (κ1) is 20.2. The monoisotopic (exact) mass is 403 g/mol. The molecule has 1 atom stereocenters. The van der Waals surface area contributed by atoms with Gasteiger partial charge in [0.25, 0.3) is 0 Å². The first-order valence-corrected chi connectivity index (χ1v) is 10.6. The summed E-state index contributed by atoms with van der Waals surface area (Å²) in [4.78, 5) is 16.2. The number of hydrogen-bond donors (Lipinski definition) is 3. The molecule has 1 aliphatic heterocycles. The van der Waals surface area contributed by atoms with E-state index in [0.29, 0.717) is 31.9 Å². The average molecular weight is 404 g/mol. The number of carbonyl (C=O) groups is 1. The second-order valence-electron chi connectivity index (χ2n) is 6.87. The Balaban J connectivity index is 1.60. The third-order valence-corrected chi connectivity index (χ3v) is 6.35. The van der Waals surface area contributed by atoms with Crippen LogP contribution in [0.2, 0.25) is 0 Å². The Bertz CT molecular complexity index is 888. The van der Waals surface area contributed by atoms with Crippen LogP contribution in [-0.2, 0) is 16.6 Å². The number of benzene rings is 1. The number of aromatic nitrogens is 1. The summed E-state index contributed by atoms with van der Waals surface area (Å²) in [6.07, 6.45) is 3.35. The minimum atomic E-state index is -3.55. The molecule has 9 heteroatoms. The summed E-state index contributed by atoms with van der Waals surface area (Å²) in [5.41, 5.74) is 1.41. The van der Waals surface area contributed by atoms with E-state index in [4.69, 9.17) is 0 Å². The van der Waals surface area contributed by atoms with E-state index in [-0.39, 0.29) is 16.8 Å². The Morgan fingerprint density at radius 3 is 2.79 bits per heavy atom. The number of urea groups is 1. The number of hydrogen-bond acceptors (Lipinski definition) is 5. The fourth-order valence-corrected chi connectivity index (χ4v) is 4.55. The molecule has 150 valence electrons. The Morgan fingerprint density at radius 2 is 2.07 bits per heavy atom. The van der Waals surface area contributed by atoms with Gasteiger partial charge in [-0.3, -0.25) is 4.98 Å². The van der Waals surface area contributed by atoms with Crippen molar-refractivity contribution < 1.29 is 13.2 Å². The second-order valence-corrected chi connectivity index (χ2v) is 8.80. The standard InChI is InChI=1S/C19H25N5O3S/c1-15-11-21-9-10-24(14-15)28(26,27)18-6-4-17(5-7-18)23-19(25)22-13-16-3-2-8-20-12-16/h2-8,12,15,21H,9-11,13-14H2,1H3,(H2,22,23,25). The van der Waals surface area contributed by atoms with E-state index in [0.717, 1.165) is 12.1 Å². The molecular formula is C19H25N5O3S. The number of sulfonamides is 1. The van der Waals surface area contributed by atoms with Gasteiger partial charge in [0.1, 0.15) is 0 Å². The van der Waals surface area contributed by atoms with Crippen molar-refractivity contribution in [2.75, 3.05) is 31.5 Å². The highest BCUT2D eigenvalue weighted by atomic mass is 32.2. The predicted molar refractivity (Wildman–Crippen MR) is 107 cm³/mol. The largest absolute Gasteiger partial charge is 0.334 e. The van der Waals surface area contributed by atoms with Crippen molar-refractivity contribution in [3.63, 3.8) is 0 Å². The summed E-state index contributed by atoms with van der Waals surface area (Å²) >= 11 is 0. The van der Waals surface area contributed by atoms with Crippen molar-refractivity contribution in [2.45, 2.75) is 18.4 Å². The highest BCUT2D eigenvalue weighted by Crippen LogP contribution is 2.20. The lowest BCUT2D eigenvalue weighted by molar-refractivity contribution is 0.251.